The molecular weight excluding hydrogens is 254 g/mol. The van der Waals surface area contributed by atoms with Gasteiger partial charge in [0, 0.05) is 24.6 Å². The van der Waals surface area contributed by atoms with E-state index in [0.29, 0.717) is 19.1 Å². The number of nitrogens with zero attached hydrogens (tertiary/aromatic N) is 1. The van der Waals surface area contributed by atoms with E-state index in [1.54, 1.807) is 0 Å². The number of hydrogen-bond acceptors (Lipinski definition) is 3. The third-order valence-electron chi connectivity index (χ3n) is 4.16. The van der Waals surface area contributed by atoms with E-state index in [-0.39, 0.29) is 12.2 Å². The first-order valence-corrected chi connectivity index (χ1v) is 7.33. The molecule has 108 valence electrons. The van der Waals surface area contributed by atoms with E-state index in [9.17, 15) is 4.79 Å². The smallest absolute Gasteiger partial charge is 0.253 e. The molecule has 0 unspecified atom stereocenters. The summed E-state index contributed by atoms with van der Waals surface area (Å²) in [7, 11) is 0. The molecule has 0 saturated carbocycles. The third kappa shape index (κ3) is 2.86. The molecule has 3 rings (SSSR count). The van der Waals surface area contributed by atoms with Crippen molar-refractivity contribution in [3.8, 4) is 0 Å². The summed E-state index contributed by atoms with van der Waals surface area (Å²) < 4.78 is 11.1. The Balaban J connectivity index is 1.57. The number of hydrogen-bond donors (Lipinski definition) is 0. The minimum atomic E-state index is -0.0494. The van der Waals surface area contributed by atoms with Crippen molar-refractivity contribution < 1.29 is 14.3 Å². The zero-order chi connectivity index (χ0) is 13.9. The lowest BCUT2D eigenvalue weighted by molar-refractivity contribution is -0.0956. The third-order valence-corrected chi connectivity index (χ3v) is 4.16. The Morgan fingerprint density at radius 2 is 1.70 bits per heavy atom. The lowest BCUT2D eigenvalue weighted by Gasteiger charge is -2.33. The van der Waals surface area contributed by atoms with Gasteiger partial charge < -0.3 is 14.4 Å². The van der Waals surface area contributed by atoms with Crippen LogP contribution in [0.25, 0.3) is 0 Å². The lowest BCUT2D eigenvalue weighted by Crippen LogP contribution is -2.41. The van der Waals surface area contributed by atoms with Crippen molar-refractivity contribution in [2.45, 2.75) is 26.1 Å². The van der Waals surface area contributed by atoms with Crippen molar-refractivity contribution in [2.24, 2.45) is 5.92 Å². The molecule has 1 aromatic carbocycles. The van der Waals surface area contributed by atoms with Crippen molar-refractivity contribution in [3.63, 3.8) is 0 Å². The van der Waals surface area contributed by atoms with E-state index >= 15 is 0 Å². The van der Waals surface area contributed by atoms with Gasteiger partial charge in [-0.25, -0.2) is 0 Å². The molecule has 2 aliphatic heterocycles. The molecule has 0 bridgehead atoms. The summed E-state index contributed by atoms with van der Waals surface area (Å²) in [6, 6.07) is 7.79. The number of likely N-dealkylation sites (tertiary alicyclic amines) is 1. The Labute approximate surface area is 119 Å². The maximum atomic E-state index is 12.4. The summed E-state index contributed by atoms with van der Waals surface area (Å²) in [6.07, 6.45) is 1.87. The molecule has 4 heteroatoms. The minimum absolute atomic E-state index is 0.0494. The van der Waals surface area contributed by atoms with Gasteiger partial charge in [-0.2, -0.15) is 0 Å². The van der Waals surface area contributed by atoms with Gasteiger partial charge in [0.15, 0.2) is 6.29 Å². The molecule has 0 aliphatic carbocycles. The molecule has 0 radical (unpaired) electrons. The Bertz CT molecular complexity index is 457. The number of rotatable bonds is 2. The first-order chi connectivity index (χ1) is 9.74. The highest BCUT2D eigenvalue weighted by atomic mass is 16.7. The summed E-state index contributed by atoms with van der Waals surface area (Å²) >= 11 is 0. The second kappa shape index (κ2) is 5.94. The number of ether oxygens (including phenoxy) is 2. The molecule has 4 nitrogen and oxygen atoms in total. The Morgan fingerprint density at radius 3 is 2.30 bits per heavy atom. The number of piperidine rings is 1. The fourth-order valence-corrected chi connectivity index (χ4v) is 2.90. The molecule has 1 aromatic rings. The number of amides is 1. The second-order valence-corrected chi connectivity index (χ2v) is 5.61. The van der Waals surface area contributed by atoms with Crippen molar-refractivity contribution >= 4 is 5.91 Å². The van der Waals surface area contributed by atoms with Crippen LogP contribution in [0.1, 0.15) is 28.8 Å². The van der Waals surface area contributed by atoms with Crippen molar-refractivity contribution in [1.82, 2.24) is 4.90 Å². The number of carbonyl (C=O) groups excluding carboxylic acids is 1. The zero-order valence-electron chi connectivity index (χ0n) is 11.9. The van der Waals surface area contributed by atoms with Gasteiger partial charge in [-0.05, 0) is 31.9 Å². The van der Waals surface area contributed by atoms with E-state index in [2.05, 4.69) is 0 Å². The molecule has 0 N–H and O–H groups in total. The average molecular weight is 275 g/mol. The van der Waals surface area contributed by atoms with E-state index in [0.717, 1.165) is 31.5 Å². The molecule has 2 heterocycles. The lowest BCUT2D eigenvalue weighted by atomic mass is 9.95. The second-order valence-electron chi connectivity index (χ2n) is 5.61. The van der Waals surface area contributed by atoms with Gasteiger partial charge in [-0.3, -0.25) is 4.79 Å². The highest BCUT2D eigenvalue weighted by Crippen LogP contribution is 2.26. The van der Waals surface area contributed by atoms with Gasteiger partial charge in [0.2, 0.25) is 0 Å². The quantitative estimate of drug-likeness (QED) is 0.830. The zero-order valence-corrected chi connectivity index (χ0v) is 11.9. The number of aryl methyl sites for hydroxylation is 1. The number of carbonyl (C=O) groups is 1. The molecular formula is C16H21NO3. The summed E-state index contributed by atoms with van der Waals surface area (Å²) in [5.41, 5.74) is 1.96. The Morgan fingerprint density at radius 1 is 1.10 bits per heavy atom. The van der Waals surface area contributed by atoms with Crippen molar-refractivity contribution in [3.05, 3.63) is 35.4 Å². The van der Waals surface area contributed by atoms with Crippen LogP contribution in [0.15, 0.2) is 24.3 Å². The molecule has 1 amide bonds. The summed E-state index contributed by atoms with van der Waals surface area (Å²) in [4.78, 5) is 14.3. The maximum absolute atomic E-state index is 12.4. The molecule has 0 aromatic heterocycles. The molecule has 0 atom stereocenters. The van der Waals surface area contributed by atoms with Crippen LogP contribution in [0.2, 0.25) is 0 Å². The maximum Gasteiger partial charge on any atom is 0.253 e. The molecule has 0 spiro atoms. The largest absolute Gasteiger partial charge is 0.350 e. The van der Waals surface area contributed by atoms with E-state index in [1.165, 1.54) is 5.56 Å². The first kappa shape index (κ1) is 13.6. The van der Waals surface area contributed by atoms with Gasteiger partial charge in [0.25, 0.3) is 5.91 Å². The summed E-state index contributed by atoms with van der Waals surface area (Å²) in [6.45, 7) is 5.02. The van der Waals surface area contributed by atoms with Crippen LogP contribution in [-0.2, 0) is 9.47 Å². The highest BCUT2D eigenvalue weighted by molar-refractivity contribution is 5.94. The van der Waals surface area contributed by atoms with Crippen LogP contribution >= 0.6 is 0 Å². The Hall–Kier alpha value is -1.39. The first-order valence-electron chi connectivity index (χ1n) is 7.33. The van der Waals surface area contributed by atoms with E-state index < -0.39 is 0 Å². The van der Waals surface area contributed by atoms with Crippen LogP contribution in [0.3, 0.4) is 0 Å². The van der Waals surface area contributed by atoms with Gasteiger partial charge >= 0.3 is 0 Å². The van der Waals surface area contributed by atoms with Crippen LogP contribution in [-0.4, -0.2) is 43.4 Å². The molecule has 2 aliphatic rings. The fraction of sp³-hybridized carbons (Fsp3) is 0.562. The standard InChI is InChI=1S/C16H21NO3/c1-12-2-4-13(5-3-12)15(18)17-8-6-14(7-9-17)16-19-10-11-20-16/h2-5,14,16H,6-11H2,1H3. The van der Waals surface area contributed by atoms with Gasteiger partial charge in [0.05, 0.1) is 13.2 Å². The van der Waals surface area contributed by atoms with Crippen molar-refractivity contribution in [1.29, 1.82) is 0 Å². The van der Waals surface area contributed by atoms with Crippen LogP contribution < -0.4 is 0 Å². The molecule has 20 heavy (non-hydrogen) atoms. The SMILES string of the molecule is Cc1ccc(C(=O)N2CCC(C3OCCO3)CC2)cc1. The fourth-order valence-electron chi connectivity index (χ4n) is 2.90. The Kier molecular flexibility index (Phi) is 4.03. The van der Waals surface area contributed by atoms with Crippen LogP contribution in [0.5, 0.6) is 0 Å². The highest BCUT2D eigenvalue weighted by Gasteiger charge is 2.31. The van der Waals surface area contributed by atoms with E-state index in [1.807, 2.05) is 36.1 Å². The predicted octanol–water partition coefficient (Wildman–Crippen LogP) is 2.22. The van der Waals surface area contributed by atoms with Gasteiger partial charge in [0.1, 0.15) is 0 Å². The van der Waals surface area contributed by atoms with Crippen molar-refractivity contribution in [2.75, 3.05) is 26.3 Å². The van der Waals surface area contributed by atoms with Gasteiger partial charge in [-0.1, -0.05) is 17.7 Å². The van der Waals surface area contributed by atoms with Crippen LogP contribution in [0.4, 0.5) is 0 Å². The van der Waals surface area contributed by atoms with Crippen LogP contribution in [0, 0.1) is 12.8 Å². The predicted molar refractivity (Wildman–Crippen MR) is 75.5 cm³/mol. The normalized spacial score (nSPS) is 21.4. The minimum Gasteiger partial charge on any atom is -0.350 e. The van der Waals surface area contributed by atoms with E-state index in [4.69, 9.17) is 9.47 Å². The molecule has 2 fully saturated rings. The number of benzene rings is 1. The molecule has 2 saturated heterocycles. The monoisotopic (exact) mass is 275 g/mol. The topological polar surface area (TPSA) is 38.8 Å². The summed E-state index contributed by atoms with van der Waals surface area (Å²) in [5, 5.41) is 0. The summed E-state index contributed by atoms with van der Waals surface area (Å²) in [5.74, 6) is 0.566. The average Bonchev–Trinajstić information content (AvgIpc) is 3.02. The van der Waals surface area contributed by atoms with Gasteiger partial charge in [-0.15, -0.1) is 0 Å².